The third-order valence-corrected chi connectivity index (χ3v) is 27.1. The third kappa shape index (κ3) is 25.4. The lowest BCUT2D eigenvalue weighted by atomic mass is 9.68. The fourth-order valence-corrected chi connectivity index (χ4v) is 20.0. The number of benzene rings is 15. The monoisotopic (exact) mass is 1970 g/mol. The summed E-state index contributed by atoms with van der Waals surface area (Å²) < 4.78 is 7.08. The summed E-state index contributed by atoms with van der Waals surface area (Å²) in [5, 5.41) is 76.8. The van der Waals surface area contributed by atoms with Gasteiger partial charge in [-0.2, -0.15) is 0 Å². The van der Waals surface area contributed by atoms with E-state index < -0.39 is 0 Å². The SMILES string of the molecule is C#COCc1ccc2c(c1)C1=C(C(=O)CC(C)(C)C1)C(c1ccc(C(=O)c3ccccc3)cc1)N2.C=[N+]=Nc1ccc(C2Nc3ccc4ccccc4c3C3=C2C(=O)CC(C)(C)C3)cc1N[O-].CCN(CC)c1ccc(CNc2ccc3ccccc3c2)cc1N[O-].[O-]Nc1cc(CNc2ccc3ccccc3c2)ccc1-n1cccc1.[O-]Nc1cc(CNc2ccc3ccccc3c2)ccc1N1CCCCC1.[OH3+].[OH3+].[OH3+].[OH3+]. The normalized spacial score (nSPS) is 14.6. The summed E-state index contributed by atoms with van der Waals surface area (Å²) in [6, 6.07) is 106. The number of ether oxygens (including phenoxy) is 1. The van der Waals surface area contributed by atoms with E-state index in [9.17, 15) is 35.2 Å². The number of aromatic nitrogens is 1. The second kappa shape index (κ2) is 49.5. The molecule has 5 aliphatic rings. The van der Waals surface area contributed by atoms with E-state index in [0.29, 0.717) is 78.6 Å². The van der Waals surface area contributed by atoms with Gasteiger partial charge >= 0.3 is 0 Å². The molecule has 147 heavy (non-hydrogen) atoms. The molecular formula is C121H129N14O12+. The number of hydrogen-bond acceptors (Lipinski definition) is 20. The Morgan fingerprint density at radius 3 is 1.44 bits per heavy atom. The number of allylic oxidation sites excluding steroid dienone is 2. The number of carbonyl (C=O) groups excluding carboxylic acids is 3. The van der Waals surface area contributed by atoms with Gasteiger partial charge in [0.25, 0.3) is 6.72 Å². The molecule has 26 nitrogen and oxygen atoms in total. The molecule has 1 aromatic heterocycles. The number of carbonyl (C=O) groups is 3. The molecular weight excluding hydrogens is 1840 g/mol. The number of terminal acetylenes is 1. The average Bonchev–Trinajstić information content (AvgIpc) is 1.09. The quantitative estimate of drug-likeness (QED) is 0.00488. The van der Waals surface area contributed by atoms with E-state index in [-0.39, 0.29) is 62.2 Å². The Balaban J connectivity index is 0.000000154. The Bertz CT molecular complexity index is 7490. The number of rotatable bonds is 25. The number of ketones is 3. The van der Waals surface area contributed by atoms with Crippen LogP contribution >= 0.6 is 0 Å². The lowest BCUT2D eigenvalue weighted by Gasteiger charge is -2.40. The molecule has 2 atom stereocenters. The van der Waals surface area contributed by atoms with Gasteiger partial charge in [0.1, 0.15) is 17.8 Å². The molecule has 2 unspecified atom stereocenters. The summed E-state index contributed by atoms with van der Waals surface area (Å²) in [6.45, 7) is 22.3. The van der Waals surface area contributed by atoms with Gasteiger partial charge in [0, 0.05) is 155 Å². The van der Waals surface area contributed by atoms with Crippen molar-refractivity contribution >= 4 is 147 Å². The predicted octanol–water partition coefficient (Wildman–Crippen LogP) is 24.4. The predicted molar refractivity (Wildman–Crippen MR) is 608 cm³/mol. The number of Topliss-reactive ketones (excluding diaryl/α,β-unsaturated/α-hetero) is 2. The van der Waals surface area contributed by atoms with Gasteiger partial charge in [-0.1, -0.05) is 240 Å². The number of piperidine rings is 1. The highest BCUT2D eigenvalue weighted by molar-refractivity contribution is 6.14. The van der Waals surface area contributed by atoms with Gasteiger partial charge in [0.15, 0.2) is 23.0 Å². The Labute approximate surface area is 856 Å². The standard InChI is InChI=1S/C31H27NO3.C26H24N4O2.C22H24N3O.C21H18N3O.C21H24N3O.4H2O/c1-4-35-19-20-10-15-26-24(16-20)25-17-31(2,3)18-27(33)28(25)29(32-26)21-11-13-23(14-12-21)30(34)22-8-6-5-7-9-22;1-26(2)13-18-23-17-7-5-4-6-15(17)8-11-20(23)28-25(24(18)22(31)14-26)16-9-10-19(29-27-3)21(12-16)30-32;26-24-21-14-17(8-11-22(21)25-12-4-1-5-13-25)16-23-20-10-9-18-6-2-3-7-19(18)15-20;25-23-20-13-16(7-10-21(20)24-11-3-4-12-24)15-22-19-9-8-17-5-1-2-6-18(17)14-19;1-3-24(4-2)21-12-9-16(13-20(21)23-25)15-22-19-11-10-17-7-5-6-8-18(17)14-19;;;;/h1,5-16,29,32H,17-19H2,2-3H3;4-12,25H,3,13-14H2,1-2H3,(H2,28,29,31,32);2-3,6-11,14-15,23-24H,1,4-5,12-13,16H2;1-14,22-23H,15H2;5-14,22-23H,3-4,15H2,1-2H3;4*1H2/q;;3*-1;;;;/p+4. The van der Waals surface area contributed by atoms with Crippen LogP contribution < -0.4 is 58.3 Å². The molecule has 15 aromatic carbocycles. The second-order valence-corrected chi connectivity index (χ2v) is 38.2. The minimum absolute atomic E-state index is 0. The van der Waals surface area contributed by atoms with Gasteiger partial charge in [-0.3, -0.25) is 14.4 Å². The molecule has 2 aliphatic carbocycles. The van der Waals surface area contributed by atoms with Crippen LogP contribution in [0.1, 0.15) is 159 Å². The van der Waals surface area contributed by atoms with Crippen LogP contribution in [-0.2, 0) is 62.5 Å². The van der Waals surface area contributed by atoms with Gasteiger partial charge in [0.05, 0.1) is 34.8 Å². The first-order valence-electron chi connectivity index (χ1n) is 48.7. The fourth-order valence-electron chi connectivity index (χ4n) is 20.0. The van der Waals surface area contributed by atoms with E-state index in [0.717, 1.165) is 162 Å². The highest BCUT2D eigenvalue weighted by Gasteiger charge is 2.43. The van der Waals surface area contributed by atoms with Crippen molar-refractivity contribution in [2.45, 2.75) is 125 Å². The molecule has 0 spiro atoms. The number of fused-ring (bicyclic) bond motifs is 9. The first-order chi connectivity index (χ1) is 69.7. The van der Waals surface area contributed by atoms with Crippen LogP contribution in [0.25, 0.3) is 59.9 Å². The minimum Gasteiger partial charge on any atom is -0.761 e. The zero-order valence-corrected chi connectivity index (χ0v) is 83.6. The van der Waals surface area contributed by atoms with Gasteiger partial charge < -0.3 is 110 Å². The molecule has 754 valence electrons. The maximum atomic E-state index is 13.5. The molecule has 1 fully saturated rings. The van der Waals surface area contributed by atoms with Crippen LogP contribution in [0.5, 0.6) is 0 Å². The van der Waals surface area contributed by atoms with Gasteiger partial charge in [-0.25, -0.2) is 0 Å². The molecule has 21 N–H and O–H groups in total. The molecule has 4 heterocycles. The van der Waals surface area contributed by atoms with E-state index in [1.165, 1.54) is 51.6 Å². The lowest BCUT2D eigenvalue weighted by molar-refractivity contribution is -0.118. The smallest absolute Gasteiger partial charge is 0.296 e. The molecule has 0 radical (unpaired) electrons. The van der Waals surface area contributed by atoms with E-state index in [4.69, 9.17) is 11.2 Å². The van der Waals surface area contributed by atoms with Crippen LogP contribution in [0.15, 0.2) is 350 Å². The Morgan fingerprint density at radius 1 is 0.456 bits per heavy atom. The summed E-state index contributed by atoms with van der Waals surface area (Å²) in [7, 11) is 0. The molecule has 0 amide bonds. The molecule has 0 saturated carbocycles. The van der Waals surface area contributed by atoms with Crippen LogP contribution in [0.3, 0.4) is 0 Å². The Morgan fingerprint density at radius 2 is 0.905 bits per heavy atom. The van der Waals surface area contributed by atoms with Gasteiger partial charge in [0.2, 0.25) is 0 Å². The highest BCUT2D eigenvalue weighted by Crippen LogP contribution is 2.54. The van der Waals surface area contributed by atoms with E-state index >= 15 is 0 Å². The summed E-state index contributed by atoms with van der Waals surface area (Å²) >= 11 is 0. The fraction of sp³-hybridized carbons (Fsp3) is 0.207. The summed E-state index contributed by atoms with van der Waals surface area (Å²) in [6.07, 6.45) is 17.6. The van der Waals surface area contributed by atoms with Crippen molar-refractivity contribution in [3.8, 4) is 18.2 Å². The van der Waals surface area contributed by atoms with Crippen molar-refractivity contribution < 1.29 is 45.8 Å². The topological polar surface area (TPSA) is 431 Å². The zero-order valence-electron chi connectivity index (χ0n) is 83.6. The number of hydrogen-bond donors (Lipinski definition) is 9. The number of nitrogens with one attached hydrogen (secondary N) is 9. The van der Waals surface area contributed by atoms with Gasteiger partial charge in [-0.05, 0) is 260 Å². The van der Waals surface area contributed by atoms with E-state index in [2.05, 4.69) is 263 Å². The van der Waals surface area contributed by atoms with Crippen LogP contribution in [0.2, 0.25) is 0 Å². The Kier molecular flexibility index (Phi) is 36.3. The van der Waals surface area contributed by atoms with Gasteiger partial charge in [-0.15, -0.1) is 0 Å². The first kappa shape index (κ1) is 108. The Hall–Kier alpha value is -16.7. The summed E-state index contributed by atoms with van der Waals surface area (Å²) in [5.74, 6) is 0.288. The van der Waals surface area contributed by atoms with Crippen molar-refractivity contribution in [1.29, 1.82) is 0 Å². The van der Waals surface area contributed by atoms with Crippen molar-refractivity contribution in [1.82, 2.24) is 4.57 Å². The van der Waals surface area contributed by atoms with Crippen molar-refractivity contribution in [2.24, 2.45) is 15.9 Å². The highest BCUT2D eigenvalue weighted by atomic mass is 16.5. The van der Waals surface area contributed by atoms with Crippen LogP contribution in [0.4, 0.5) is 68.2 Å². The molecule has 3 aliphatic heterocycles. The lowest BCUT2D eigenvalue weighted by Crippen LogP contribution is -2.33. The van der Waals surface area contributed by atoms with Crippen LogP contribution in [0, 0.1) is 44.2 Å². The largest absolute Gasteiger partial charge is 0.761 e. The number of anilines is 11. The van der Waals surface area contributed by atoms with Crippen molar-refractivity contribution in [3.05, 3.63) is 422 Å². The van der Waals surface area contributed by atoms with E-state index in [1.54, 1.807) is 12.1 Å². The molecule has 21 rings (SSSR count). The minimum atomic E-state index is -0.347. The average molecular weight is 1970 g/mol. The zero-order chi connectivity index (χ0) is 99.5. The van der Waals surface area contributed by atoms with E-state index in [1.807, 2.05) is 186 Å². The number of nitrogens with zero attached hydrogens (tertiary/aromatic N) is 5. The van der Waals surface area contributed by atoms with Crippen LogP contribution in [-0.4, -0.2) is 59.6 Å². The molecule has 26 heteroatoms. The summed E-state index contributed by atoms with van der Waals surface area (Å²) in [5.41, 5.74) is 31.7. The molecule has 0 bridgehead atoms. The van der Waals surface area contributed by atoms with Crippen molar-refractivity contribution in [2.75, 3.05) is 84.5 Å². The second-order valence-electron chi connectivity index (χ2n) is 38.2. The summed E-state index contributed by atoms with van der Waals surface area (Å²) in [4.78, 5) is 47.8. The van der Waals surface area contributed by atoms with Crippen molar-refractivity contribution in [3.63, 3.8) is 0 Å². The maximum absolute atomic E-state index is 13.5. The molecule has 1 saturated heterocycles. The first-order valence-corrected chi connectivity index (χ1v) is 48.7. The maximum Gasteiger partial charge on any atom is 0.296 e. The third-order valence-electron chi connectivity index (χ3n) is 27.1. The molecule has 16 aromatic rings.